The normalized spacial score (nSPS) is 21.3. The minimum atomic E-state index is -0.0255. The highest BCUT2D eigenvalue weighted by Gasteiger charge is 2.28. The second-order valence-electron chi connectivity index (χ2n) is 6.04. The number of ether oxygens (including phenoxy) is 1. The van der Waals surface area contributed by atoms with Gasteiger partial charge in [-0.15, -0.1) is 0 Å². The highest BCUT2D eigenvalue weighted by atomic mass is 16.5. The molecule has 2 rings (SSSR count). The van der Waals surface area contributed by atoms with Crippen LogP contribution in [0.5, 0.6) is 0 Å². The zero-order valence-corrected chi connectivity index (χ0v) is 12.6. The average molecular weight is 262 g/mol. The Balaban J connectivity index is 2.05. The standard InChI is InChI=1S/C16H26N2O/c1-13-7-5-6-8-14(13)15(17-4)11-18-9-10-19-16(2,3)12-18/h5-8,15,17H,9-12H2,1-4H3. The third kappa shape index (κ3) is 3.78. The molecule has 1 unspecified atom stereocenters. The first-order valence-corrected chi connectivity index (χ1v) is 7.11. The smallest absolute Gasteiger partial charge is 0.0753 e. The monoisotopic (exact) mass is 262 g/mol. The summed E-state index contributed by atoms with van der Waals surface area (Å²) in [6, 6.07) is 9.01. The zero-order chi connectivity index (χ0) is 13.9. The van der Waals surface area contributed by atoms with Crippen molar-refractivity contribution in [3.63, 3.8) is 0 Å². The van der Waals surface area contributed by atoms with E-state index in [9.17, 15) is 0 Å². The molecule has 1 atom stereocenters. The van der Waals surface area contributed by atoms with Crippen molar-refractivity contribution >= 4 is 0 Å². The fourth-order valence-electron chi connectivity index (χ4n) is 2.85. The number of morpholine rings is 1. The van der Waals surface area contributed by atoms with E-state index < -0.39 is 0 Å². The van der Waals surface area contributed by atoms with Gasteiger partial charge in [0.25, 0.3) is 0 Å². The van der Waals surface area contributed by atoms with Crippen LogP contribution in [0.4, 0.5) is 0 Å². The molecule has 1 N–H and O–H groups in total. The van der Waals surface area contributed by atoms with Gasteiger partial charge in [-0.1, -0.05) is 24.3 Å². The van der Waals surface area contributed by atoms with Gasteiger partial charge in [0, 0.05) is 25.7 Å². The SMILES string of the molecule is CNC(CN1CCOC(C)(C)C1)c1ccccc1C. The minimum Gasteiger partial charge on any atom is -0.373 e. The molecule has 0 bridgehead atoms. The second-order valence-corrected chi connectivity index (χ2v) is 6.04. The molecule has 0 amide bonds. The third-order valence-electron chi connectivity index (χ3n) is 3.86. The summed E-state index contributed by atoms with van der Waals surface area (Å²) >= 11 is 0. The lowest BCUT2D eigenvalue weighted by molar-refractivity contribution is -0.0875. The molecule has 1 heterocycles. The Morgan fingerprint density at radius 3 is 2.74 bits per heavy atom. The Labute approximate surface area is 116 Å². The number of benzene rings is 1. The fraction of sp³-hybridized carbons (Fsp3) is 0.625. The molecule has 3 nitrogen and oxygen atoms in total. The van der Waals surface area contributed by atoms with Crippen molar-refractivity contribution in [1.82, 2.24) is 10.2 Å². The number of rotatable bonds is 4. The van der Waals surface area contributed by atoms with E-state index in [1.54, 1.807) is 0 Å². The number of nitrogens with one attached hydrogen (secondary N) is 1. The Morgan fingerprint density at radius 1 is 1.37 bits per heavy atom. The van der Waals surface area contributed by atoms with Crippen LogP contribution in [0.2, 0.25) is 0 Å². The lowest BCUT2D eigenvalue weighted by Crippen LogP contribution is -2.50. The van der Waals surface area contributed by atoms with E-state index in [1.807, 2.05) is 7.05 Å². The van der Waals surface area contributed by atoms with Gasteiger partial charge in [0.15, 0.2) is 0 Å². The molecule has 106 valence electrons. The summed E-state index contributed by atoms with van der Waals surface area (Å²) in [6.45, 7) is 10.4. The molecule has 0 aliphatic carbocycles. The summed E-state index contributed by atoms with van der Waals surface area (Å²) < 4.78 is 5.78. The molecule has 1 aromatic carbocycles. The Hall–Kier alpha value is -0.900. The summed E-state index contributed by atoms with van der Waals surface area (Å²) in [4.78, 5) is 2.50. The Kier molecular flexibility index (Phi) is 4.61. The number of likely N-dealkylation sites (N-methyl/N-ethyl adjacent to an activating group) is 1. The van der Waals surface area contributed by atoms with E-state index >= 15 is 0 Å². The van der Waals surface area contributed by atoms with Gasteiger partial charge in [-0.2, -0.15) is 0 Å². The van der Waals surface area contributed by atoms with Crippen LogP contribution in [0.1, 0.15) is 31.0 Å². The first-order valence-electron chi connectivity index (χ1n) is 7.11. The number of aryl methyl sites for hydroxylation is 1. The van der Waals surface area contributed by atoms with Crippen LogP contribution in [0, 0.1) is 6.92 Å². The molecule has 19 heavy (non-hydrogen) atoms. The van der Waals surface area contributed by atoms with Gasteiger partial charge in [0.2, 0.25) is 0 Å². The van der Waals surface area contributed by atoms with Crippen LogP contribution in [-0.2, 0) is 4.74 Å². The lowest BCUT2D eigenvalue weighted by Gasteiger charge is -2.39. The topological polar surface area (TPSA) is 24.5 Å². The lowest BCUT2D eigenvalue weighted by atomic mass is 10.00. The molecular formula is C16H26N2O. The fourth-order valence-corrected chi connectivity index (χ4v) is 2.85. The highest BCUT2D eigenvalue weighted by molar-refractivity contribution is 5.29. The first kappa shape index (κ1) is 14.5. The van der Waals surface area contributed by atoms with Crippen LogP contribution < -0.4 is 5.32 Å². The van der Waals surface area contributed by atoms with Gasteiger partial charge in [0.05, 0.1) is 12.2 Å². The molecule has 0 saturated carbocycles. The maximum atomic E-state index is 5.78. The number of hydrogen-bond acceptors (Lipinski definition) is 3. The van der Waals surface area contributed by atoms with Gasteiger partial charge in [-0.05, 0) is 38.9 Å². The molecule has 0 aromatic heterocycles. The molecule has 1 aliphatic heterocycles. The first-order chi connectivity index (χ1) is 9.02. The third-order valence-corrected chi connectivity index (χ3v) is 3.86. The molecule has 1 aliphatic rings. The van der Waals surface area contributed by atoms with Gasteiger partial charge in [0.1, 0.15) is 0 Å². The highest BCUT2D eigenvalue weighted by Crippen LogP contribution is 2.22. The largest absolute Gasteiger partial charge is 0.373 e. The van der Waals surface area contributed by atoms with Crippen LogP contribution in [0.25, 0.3) is 0 Å². The summed E-state index contributed by atoms with van der Waals surface area (Å²) in [6.07, 6.45) is 0. The van der Waals surface area contributed by atoms with Gasteiger partial charge in [-0.3, -0.25) is 4.90 Å². The number of nitrogens with zero attached hydrogens (tertiary/aromatic N) is 1. The minimum absolute atomic E-state index is 0.0255. The molecule has 1 fully saturated rings. The predicted molar refractivity (Wildman–Crippen MR) is 79.5 cm³/mol. The van der Waals surface area contributed by atoms with Crippen LogP contribution in [0.15, 0.2) is 24.3 Å². The van der Waals surface area contributed by atoms with Crippen molar-refractivity contribution in [3.05, 3.63) is 35.4 Å². The molecule has 1 saturated heterocycles. The van der Waals surface area contributed by atoms with E-state index in [4.69, 9.17) is 4.74 Å². The van der Waals surface area contributed by atoms with Crippen molar-refractivity contribution in [1.29, 1.82) is 0 Å². The van der Waals surface area contributed by atoms with Crippen molar-refractivity contribution in [3.8, 4) is 0 Å². The van der Waals surface area contributed by atoms with Crippen LogP contribution >= 0.6 is 0 Å². The molecule has 1 aromatic rings. The zero-order valence-electron chi connectivity index (χ0n) is 12.6. The van der Waals surface area contributed by atoms with Crippen LogP contribution in [-0.4, -0.2) is 43.8 Å². The summed E-state index contributed by atoms with van der Waals surface area (Å²) in [7, 11) is 2.04. The van der Waals surface area contributed by atoms with Crippen LogP contribution in [0.3, 0.4) is 0 Å². The van der Waals surface area contributed by atoms with Crippen molar-refractivity contribution in [2.24, 2.45) is 0 Å². The second kappa shape index (κ2) is 6.04. The van der Waals surface area contributed by atoms with E-state index in [0.717, 1.165) is 26.2 Å². The molecule has 0 radical (unpaired) electrons. The van der Waals surface area contributed by atoms with E-state index in [0.29, 0.717) is 6.04 Å². The summed E-state index contributed by atoms with van der Waals surface area (Å²) in [5, 5.41) is 3.45. The van der Waals surface area contributed by atoms with Gasteiger partial charge in [-0.25, -0.2) is 0 Å². The van der Waals surface area contributed by atoms with E-state index in [-0.39, 0.29) is 5.60 Å². The predicted octanol–water partition coefficient (Wildman–Crippen LogP) is 2.37. The van der Waals surface area contributed by atoms with E-state index in [2.05, 4.69) is 55.3 Å². The summed E-state index contributed by atoms with van der Waals surface area (Å²) in [5.41, 5.74) is 2.73. The maximum Gasteiger partial charge on any atom is 0.0753 e. The van der Waals surface area contributed by atoms with Gasteiger partial charge < -0.3 is 10.1 Å². The Bertz CT molecular complexity index is 417. The molecule has 0 spiro atoms. The maximum absolute atomic E-state index is 5.78. The van der Waals surface area contributed by atoms with Gasteiger partial charge >= 0.3 is 0 Å². The molecule has 3 heteroatoms. The summed E-state index contributed by atoms with van der Waals surface area (Å²) in [5.74, 6) is 0. The van der Waals surface area contributed by atoms with E-state index in [1.165, 1.54) is 11.1 Å². The average Bonchev–Trinajstić information content (AvgIpc) is 2.36. The van der Waals surface area contributed by atoms with Crippen molar-refractivity contribution in [2.75, 3.05) is 33.3 Å². The van der Waals surface area contributed by atoms with Crippen molar-refractivity contribution in [2.45, 2.75) is 32.4 Å². The van der Waals surface area contributed by atoms with Crippen molar-refractivity contribution < 1.29 is 4.74 Å². The Morgan fingerprint density at radius 2 is 2.11 bits per heavy atom. The quantitative estimate of drug-likeness (QED) is 0.901. The molecular weight excluding hydrogens is 236 g/mol. The number of hydrogen-bond donors (Lipinski definition) is 1.